The molecule has 1 atom stereocenters. The van der Waals surface area contributed by atoms with Crippen LogP contribution in [0, 0.1) is 11.8 Å². The first-order valence-electron chi connectivity index (χ1n) is 11.6. The Hall–Kier alpha value is -2.74. The molecule has 1 aromatic carbocycles. The number of hydrogen-bond acceptors (Lipinski definition) is 5. The van der Waals surface area contributed by atoms with Crippen molar-refractivity contribution < 1.29 is 19.2 Å². The van der Waals surface area contributed by atoms with Gasteiger partial charge in [0, 0.05) is 37.5 Å². The Bertz CT molecular complexity index is 923. The van der Waals surface area contributed by atoms with Crippen LogP contribution in [0.4, 0.5) is 0 Å². The van der Waals surface area contributed by atoms with Crippen molar-refractivity contribution >= 4 is 23.6 Å². The second kappa shape index (κ2) is 9.40. The van der Waals surface area contributed by atoms with Crippen LogP contribution in [0.2, 0.25) is 0 Å². The van der Waals surface area contributed by atoms with E-state index in [9.17, 15) is 19.2 Å². The summed E-state index contributed by atoms with van der Waals surface area (Å²) in [4.78, 5) is 53.3. The summed E-state index contributed by atoms with van der Waals surface area (Å²) in [6, 6.07) is 5.09. The number of amides is 4. The molecule has 32 heavy (non-hydrogen) atoms. The summed E-state index contributed by atoms with van der Waals surface area (Å²) in [6.45, 7) is 7.54. The van der Waals surface area contributed by atoms with Crippen molar-refractivity contribution in [2.75, 3.05) is 19.6 Å². The predicted octanol–water partition coefficient (Wildman–Crippen LogP) is 1.43. The molecular formula is C24H32N4O4. The zero-order chi connectivity index (χ0) is 22.8. The van der Waals surface area contributed by atoms with Crippen LogP contribution in [0.15, 0.2) is 18.2 Å². The lowest BCUT2D eigenvalue weighted by molar-refractivity contribution is -0.138. The minimum Gasteiger partial charge on any atom is -0.338 e. The average Bonchev–Trinajstić information content (AvgIpc) is 3.08. The van der Waals surface area contributed by atoms with E-state index in [2.05, 4.69) is 24.5 Å². The molecule has 2 fully saturated rings. The molecule has 3 heterocycles. The molecule has 0 aromatic heterocycles. The van der Waals surface area contributed by atoms with Gasteiger partial charge in [-0.2, -0.15) is 0 Å². The van der Waals surface area contributed by atoms with Crippen molar-refractivity contribution in [3.05, 3.63) is 34.9 Å². The number of carbonyl (C=O) groups excluding carboxylic acids is 4. The number of carbonyl (C=O) groups is 4. The summed E-state index contributed by atoms with van der Waals surface area (Å²) < 4.78 is 0. The number of imide groups is 1. The van der Waals surface area contributed by atoms with Gasteiger partial charge in [0.25, 0.3) is 5.91 Å². The average molecular weight is 441 g/mol. The van der Waals surface area contributed by atoms with E-state index in [-0.39, 0.29) is 30.1 Å². The number of hydrogen-bond donors (Lipinski definition) is 2. The Morgan fingerprint density at radius 1 is 1.16 bits per heavy atom. The van der Waals surface area contributed by atoms with Crippen LogP contribution in [0.1, 0.15) is 61.0 Å². The molecule has 8 nitrogen and oxygen atoms in total. The second-order valence-electron chi connectivity index (χ2n) is 9.53. The fourth-order valence-electron chi connectivity index (χ4n) is 4.95. The van der Waals surface area contributed by atoms with Gasteiger partial charge in [-0.15, -0.1) is 0 Å². The lowest BCUT2D eigenvalue weighted by atomic mass is 9.95. The Labute approximate surface area is 188 Å². The second-order valence-corrected chi connectivity index (χ2v) is 9.53. The molecule has 1 unspecified atom stereocenters. The summed E-state index contributed by atoms with van der Waals surface area (Å²) in [5, 5.41) is 5.65. The van der Waals surface area contributed by atoms with Crippen molar-refractivity contribution in [1.29, 1.82) is 0 Å². The van der Waals surface area contributed by atoms with Gasteiger partial charge in [-0.25, -0.2) is 0 Å². The number of nitrogens with one attached hydrogen (secondary N) is 2. The van der Waals surface area contributed by atoms with Crippen molar-refractivity contribution in [2.24, 2.45) is 11.8 Å². The molecule has 1 aromatic rings. The van der Waals surface area contributed by atoms with Crippen molar-refractivity contribution in [3.63, 3.8) is 0 Å². The third kappa shape index (κ3) is 4.70. The summed E-state index contributed by atoms with van der Waals surface area (Å²) in [7, 11) is 0. The number of benzene rings is 1. The van der Waals surface area contributed by atoms with Crippen LogP contribution in [-0.2, 0) is 27.5 Å². The van der Waals surface area contributed by atoms with Gasteiger partial charge in [0.15, 0.2) is 0 Å². The van der Waals surface area contributed by atoms with Crippen molar-refractivity contribution in [2.45, 2.75) is 58.7 Å². The first-order valence-corrected chi connectivity index (χ1v) is 11.6. The molecule has 2 N–H and O–H groups in total. The van der Waals surface area contributed by atoms with E-state index in [1.165, 1.54) is 0 Å². The predicted molar refractivity (Wildman–Crippen MR) is 118 cm³/mol. The zero-order valence-corrected chi connectivity index (χ0v) is 18.9. The summed E-state index contributed by atoms with van der Waals surface area (Å²) >= 11 is 0. The van der Waals surface area contributed by atoms with Gasteiger partial charge in [0.2, 0.25) is 17.7 Å². The van der Waals surface area contributed by atoms with Crippen LogP contribution in [-0.4, -0.2) is 59.1 Å². The van der Waals surface area contributed by atoms with Gasteiger partial charge in [-0.3, -0.25) is 24.5 Å². The molecule has 172 valence electrons. The fraction of sp³-hybridized carbons (Fsp3) is 0.583. The van der Waals surface area contributed by atoms with E-state index >= 15 is 0 Å². The maximum Gasteiger partial charge on any atom is 0.255 e. The third-order valence-electron chi connectivity index (χ3n) is 6.55. The molecule has 0 aliphatic carbocycles. The molecular weight excluding hydrogens is 408 g/mol. The number of piperidine rings is 2. The summed E-state index contributed by atoms with van der Waals surface area (Å²) in [6.07, 6.45) is 2.33. The molecule has 2 saturated heterocycles. The van der Waals surface area contributed by atoms with Crippen LogP contribution < -0.4 is 10.6 Å². The van der Waals surface area contributed by atoms with Crippen molar-refractivity contribution in [1.82, 2.24) is 20.4 Å². The zero-order valence-electron chi connectivity index (χ0n) is 18.9. The minimum atomic E-state index is -0.616. The molecule has 0 spiro atoms. The lowest BCUT2D eigenvalue weighted by Gasteiger charge is -2.31. The third-order valence-corrected chi connectivity index (χ3v) is 6.55. The van der Waals surface area contributed by atoms with E-state index in [1.54, 1.807) is 11.0 Å². The van der Waals surface area contributed by atoms with Gasteiger partial charge in [0.1, 0.15) is 6.04 Å². The molecule has 8 heteroatoms. The van der Waals surface area contributed by atoms with Gasteiger partial charge in [0.05, 0.1) is 0 Å². The number of fused-ring (bicyclic) bond motifs is 1. The topological polar surface area (TPSA) is 98.8 Å². The standard InChI is InChI=1S/C24H32N4O4/c1-15(2)12-27(23(31)17-7-9-25-10-8-17)13-16-3-4-19-18(11-16)14-28(24(19)32)20-5-6-21(29)26-22(20)30/h3-4,11,15,17,20,25H,5-10,12-14H2,1-2H3,(H,26,29,30). The smallest absolute Gasteiger partial charge is 0.255 e. The first kappa shape index (κ1) is 22.5. The number of nitrogens with zero attached hydrogens (tertiary/aromatic N) is 2. The largest absolute Gasteiger partial charge is 0.338 e. The Morgan fingerprint density at radius 3 is 2.59 bits per heavy atom. The van der Waals surface area contributed by atoms with Crippen LogP contribution in [0.5, 0.6) is 0 Å². The quantitative estimate of drug-likeness (QED) is 0.652. The van der Waals surface area contributed by atoms with Crippen LogP contribution in [0.25, 0.3) is 0 Å². The van der Waals surface area contributed by atoms with E-state index in [4.69, 9.17) is 0 Å². The highest BCUT2D eigenvalue weighted by Gasteiger charge is 2.39. The lowest BCUT2D eigenvalue weighted by Crippen LogP contribution is -2.52. The summed E-state index contributed by atoms with van der Waals surface area (Å²) in [5.74, 6) is -0.235. The molecule has 0 radical (unpaired) electrons. The van der Waals surface area contributed by atoms with E-state index in [0.29, 0.717) is 37.5 Å². The monoisotopic (exact) mass is 440 g/mol. The maximum absolute atomic E-state index is 13.2. The highest BCUT2D eigenvalue weighted by atomic mass is 16.2. The maximum atomic E-state index is 13.2. The van der Waals surface area contributed by atoms with E-state index < -0.39 is 11.9 Å². The normalized spacial score (nSPS) is 21.7. The minimum absolute atomic E-state index is 0.0639. The molecule has 3 aliphatic heterocycles. The van der Waals surface area contributed by atoms with Gasteiger partial charge < -0.3 is 15.1 Å². The molecule has 4 amide bonds. The highest BCUT2D eigenvalue weighted by molar-refractivity contribution is 6.05. The number of rotatable bonds is 6. The van der Waals surface area contributed by atoms with Crippen LogP contribution in [0.3, 0.4) is 0 Å². The molecule has 3 aliphatic rings. The van der Waals surface area contributed by atoms with E-state index in [1.807, 2.05) is 17.0 Å². The Balaban J connectivity index is 1.49. The Morgan fingerprint density at radius 2 is 1.91 bits per heavy atom. The van der Waals surface area contributed by atoms with Crippen molar-refractivity contribution in [3.8, 4) is 0 Å². The molecule has 4 rings (SSSR count). The highest BCUT2D eigenvalue weighted by Crippen LogP contribution is 2.29. The molecule has 0 saturated carbocycles. The molecule has 0 bridgehead atoms. The fourth-order valence-corrected chi connectivity index (χ4v) is 4.95. The van der Waals surface area contributed by atoms with Gasteiger partial charge >= 0.3 is 0 Å². The summed E-state index contributed by atoms with van der Waals surface area (Å²) in [5.41, 5.74) is 2.46. The first-order chi connectivity index (χ1) is 15.3. The van der Waals surface area contributed by atoms with Gasteiger partial charge in [-0.1, -0.05) is 26.0 Å². The van der Waals surface area contributed by atoms with Crippen LogP contribution >= 0.6 is 0 Å². The Kier molecular flexibility index (Phi) is 6.60. The van der Waals surface area contributed by atoms with E-state index in [0.717, 1.165) is 37.1 Å². The SMILES string of the molecule is CC(C)CN(Cc1ccc2c(c1)CN(C1CCC(=O)NC1=O)C2=O)C(=O)C1CCNCC1. The van der Waals surface area contributed by atoms with Gasteiger partial charge in [-0.05, 0) is 55.5 Å².